The summed E-state index contributed by atoms with van der Waals surface area (Å²) in [7, 11) is 0. The monoisotopic (exact) mass is 363 g/mol. The number of H-pyrrole nitrogens is 1. The third kappa shape index (κ3) is 5.23. The second-order valence-electron chi connectivity index (χ2n) is 7.49. The Bertz CT molecular complexity index is 855. The highest BCUT2D eigenvalue weighted by Gasteiger charge is 2.15. The summed E-state index contributed by atoms with van der Waals surface area (Å²) in [6.45, 7) is 11.2. The number of rotatable bonds is 8. The second-order valence-corrected chi connectivity index (χ2v) is 7.49. The number of hydrogen-bond acceptors (Lipinski definition) is 4. The lowest BCUT2D eigenvalue weighted by Crippen LogP contribution is -2.27. The molecule has 0 unspecified atom stereocenters. The van der Waals surface area contributed by atoms with Gasteiger partial charge in [0.15, 0.2) is 0 Å². The van der Waals surface area contributed by atoms with Crippen LogP contribution >= 0.6 is 0 Å². The maximum absolute atomic E-state index is 4.68. The van der Waals surface area contributed by atoms with Crippen molar-refractivity contribution >= 4 is 0 Å². The summed E-state index contributed by atoms with van der Waals surface area (Å²) in [5.74, 6) is 0.459. The zero-order chi connectivity index (χ0) is 19.2. The van der Waals surface area contributed by atoms with Crippen molar-refractivity contribution in [3.63, 3.8) is 0 Å². The molecule has 1 N–H and O–H groups in total. The van der Waals surface area contributed by atoms with Crippen LogP contribution in [0.25, 0.3) is 0 Å². The van der Waals surface area contributed by atoms with Crippen molar-refractivity contribution in [2.75, 3.05) is 6.54 Å². The van der Waals surface area contributed by atoms with Crippen LogP contribution in [0.3, 0.4) is 0 Å². The third-order valence-corrected chi connectivity index (χ3v) is 4.86. The van der Waals surface area contributed by atoms with Gasteiger partial charge in [0.1, 0.15) is 0 Å². The van der Waals surface area contributed by atoms with Gasteiger partial charge < -0.3 is 4.98 Å². The lowest BCUT2D eigenvalue weighted by Gasteiger charge is -2.24. The smallest absolute Gasteiger partial charge is 0.0923 e. The molecule has 0 spiro atoms. The van der Waals surface area contributed by atoms with E-state index in [1.807, 2.05) is 24.7 Å². The van der Waals surface area contributed by atoms with Crippen molar-refractivity contribution < 1.29 is 0 Å². The molecule has 0 aliphatic rings. The number of aryl methyl sites for hydroxylation is 2. The van der Waals surface area contributed by atoms with E-state index in [4.69, 9.17) is 0 Å². The van der Waals surface area contributed by atoms with Crippen molar-refractivity contribution in [3.05, 3.63) is 76.9 Å². The fraction of sp³-hybridized carbons (Fsp3) is 0.409. The van der Waals surface area contributed by atoms with E-state index < -0.39 is 0 Å². The second kappa shape index (κ2) is 8.91. The predicted octanol–water partition coefficient (Wildman–Crippen LogP) is 4.18. The minimum atomic E-state index is 0.459. The fourth-order valence-electron chi connectivity index (χ4n) is 3.36. The van der Waals surface area contributed by atoms with Crippen molar-refractivity contribution in [2.45, 2.75) is 53.1 Å². The Hall–Kier alpha value is -2.53. The van der Waals surface area contributed by atoms with Crippen molar-refractivity contribution in [3.8, 4) is 0 Å². The SMILES string of the molecule is Cc1cnc(CN(CCc2c[nH]cn2)Cc2ncccc2C(C)C)c(C)c1. The number of pyridine rings is 2. The van der Waals surface area contributed by atoms with E-state index in [0.29, 0.717) is 5.92 Å². The molecule has 0 saturated heterocycles. The van der Waals surface area contributed by atoms with Crippen LogP contribution in [0, 0.1) is 13.8 Å². The minimum absolute atomic E-state index is 0.459. The summed E-state index contributed by atoms with van der Waals surface area (Å²) in [5, 5.41) is 0. The largest absolute Gasteiger partial charge is 0.351 e. The maximum atomic E-state index is 4.68. The number of imidazole rings is 1. The Morgan fingerprint density at radius 2 is 1.89 bits per heavy atom. The van der Waals surface area contributed by atoms with Crippen LogP contribution in [-0.2, 0) is 19.5 Å². The zero-order valence-corrected chi connectivity index (χ0v) is 16.7. The summed E-state index contributed by atoms with van der Waals surface area (Å²) in [5.41, 5.74) is 7.12. The van der Waals surface area contributed by atoms with Crippen LogP contribution in [0.15, 0.2) is 43.1 Å². The number of aromatic nitrogens is 4. The molecule has 3 rings (SSSR count). The van der Waals surface area contributed by atoms with Crippen LogP contribution in [-0.4, -0.2) is 31.4 Å². The molecule has 3 aromatic heterocycles. The molecule has 0 aliphatic heterocycles. The Morgan fingerprint density at radius 1 is 1.07 bits per heavy atom. The van der Waals surface area contributed by atoms with E-state index in [1.54, 1.807) is 6.33 Å². The highest BCUT2D eigenvalue weighted by Crippen LogP contribution is 2.20. The molecular formula is C22H29N5. The van der Waals surface area contributed by atoms with Gasteiger partial charge in [0.05, 0.1) is 23.4 Å². The molecule has 0 bridgehead atoms. The number of nitrogens with zero attached hydrogens (tertiary/aromatic N) is 4. The van der Waals surface area contributed by atoms with Crippen molar-refractivity contribution in [1.82, 2.24) is 24.8 Å². The maximum Gasteiger partial charge on any atom is 0.0923 e. The summed E-state index contributed by atoms with van der Waals surface area (Å²) < 4.78 is 0. The molecule has 0 radical (unpaired) electrons. The Kier molecular flexibility index (Phi) is 6.35. The Balaban J connectivity index is 1.80. The number of nitrogens with one attached hydrogen (secondary N) is 1. The summed E-state index contributed by atoms with van der Waals surface area (Å²) in [6.07, 6.45) is 8.45. The molecule has 5 nitrogen and oxygen atoms in total. The molecule has 27 heavy (non-hydrogen) atoms. The summed E-state index contributed by atoms with van der Waals surface area (Å²) in [6, 6.07) is 6.42. The molecule has 0 saturated carbocycles. The average Bonchev–Trinajstić information content (AvgIpc) is 3.16. The van der Waals surface area contributed by atoms with Gasteiger partial charge in [-0.15, -0.1) is 0 Å². The zero-order valence-electron chi connectivity index (χ0n) is 16.7. The third-order valence-electron chi connectivity index (χ3n) is 4.86. The number of hydrogen-bond donors (Lipinski definition) is 1. The first-order chi connectivity index (χ1) is 13.0. The molecule has 0 amide bonds. The first-order valence-corrected chi connectivity index (χ1v) is 9.59. The normalized spacial score (nSPS) is 11.5. The Morgan fingerprint density at radius 3 is 2.59 bits per heavy atom. The van der Waals surface area contributed by atoms with Crippen LogP contribution in [0.2, 0.25) is 0 Å². The van der Waals surface area contributed by atoms with Gasteiger partial charge in [-0.05, 0) is 42.5 Å². The first-order valence-electron chi connectivity index (χ1n) is 9.59. The van der Waals surface area contributed by atoms with Gasteiger partial charge in [-0.3, -0.25) is 14.9 Å². The van der Waals surface area contributed by atoms with E-state index in [2.05, 4.69) is 64.7 Å². The van der Waals surface area contributed by atoms with Crippen LogP contribution in [0.1, 0.15) is 53.5 Å². The van der Waals surface area contributed by atoms with Crippen molar-refractivity contribution in [2.24, 2.45) is 0 Å². The van der Waals surface area contributed by atoms with Crippen LogP contribution < -0.4 is 0 Å². The topological polar surface area (TPSA) is 57.7 Å². The van der Waals surface area contributed by atoms with Gasteiger partial charge in [-0.1, -0.05) is 26.0 Å². The minimum Gasteiger partial charge on any atom is -0.351 e. The van der Waals surface area contributed by atoms with Gasteiger partial charge in [0, 0.05) is 44.6 Å². The van der Waals surface area contributed by atoms with Gasteiger partial charge in [0.2, 0.25) is 0 Å². The molecule has 0 aromatic carbocycles. The van der Waals surface area contributed by atoms with Crippen LogP contribution in [0.5, 0.6) is 0 Å². The molecule has 3 aromatic rings. The Labute approximate surface area is 161 Å². The fourth-order valence-corrected chi connectivity index (χ4v) is 3.36. The van der Waals surface area contributed by atoms with E-state index in [0.717, 1.165) is 43.1 Å². The van der Waals surface area contributed by atoms with E-state index >= 15 is 0 Å². The molecule has 5 heteroatoms. The lowest BCUT2D eigenvalue weighted by molar-refractivity contribution is 0.251. The van der Waals surface area contributed by atoms with E-state index in [9.17, 15) is 0 Å². The van der Waals surface area contributed by atoms with Gasteiger partial charge in [-0.25, -0.2) is 4.98 Å². The molecule has 0 fully saturated rings. The van der Waals surface area contributed by atoms with Gasteiger partial charge in [0.25, 0.3) is 0 Å². The predicted molar refractivity (Wildman–Crippen MR) is 108 cm³/mol. The van der Waals surface area contributed by atoms with E-state index in [1.165, 1.54) is 16.7 Å². The van der Waals surface area contributed by atoms with E-state index in [-0.39, 0.29) is 0 Å². The first kappa shape index (κ1) is 19.2. The highest BCUT2D eigenvalue weighted by molar-refractivity contribution is 5.25. The highest BCUT2D eigenvalue weighted by atomic mass is 15.1. The number of aromatic amines is 1. The molecule has 142 valence electrons. The lowest BCUT2D eigenvalue weighted by atomic mass is 10.0. The average molecular weight is 364 g/mol. The quantitative estimate of drug-likeness (QED) is 0.652. The molecule has 3 heterocycles. The van der Waals surface area contributed by atoms with Gasteiger partial charge >= 0.3 is 0 Å². The molecular weight excluding hydrogens is 334 g/mol. The molecule has 0 atom stereocenters. The standard InChI is InChI=1S/C22H29N5/c1-16(2)20-6-5-8-24-22(20)14-27(9-7-19-12-23-15-26-19)13-21-18(4)10-17(3)11-25-21/h5-6,8,10-12,15-16H,7,9,13-14H2,1-4H3,(H,23,26). The molecule has 0 aliphatic carbocycles. The van der Waals surface area contributed by atoms with Crippen LogP contribution in [0.4, 0.5) is 0 Å². The summed E-state index contributed by atoms with van der Waals surface area (Å²) >= 11 is 0. The van der Waals surface area contributed by atoms with Crippen molar-refractivity contribution in [1.29, 1.82) is 0 Å². The summed E-state index contributed by atoms with van der Waals surface area (Å²) in [4.78, 5) is 19.2. The van der Waals surface area contributed by atoms with Gasteiger partial charge in [-0.2, -0.15) is 0 Å².